The molecule has 0 fully saturated rings. The Morgan fingerprint density at radius 3 is 2.52 bits per heavy atom. The van der Waals surface area contributed by atoms with Crippen molar-refractivity contribution in [1.82, 2.24) is 9.61 Å². The van der Waals surface area contributed by atoms with Crippen LogP contribution < -0.4 is 4.74 Å². The number of thioether (sulfide) groups is 1. The van der Waals surface area contributed by atoms with Crippen LogP contribution in [0.25, 0.3) is 27.9 Å². The molecule has 3 nitrogen and oxygen atoms in total. The number of rotatable bonds is 4. The summed E-state index contributed by atoms with van der Waals surface area (Å²) in [5.74, 6) is 0.832. The lowest BCUT2D eigenvalue weighted by molar-refractivity contribution is 0.415. The summed E-state index contributed by atoms with van der Waals surface area (Å²) in [5, 5.41) is 4.83. The third-order valence-electron chi connectivity index (χ3n) is 4.26. The second-order valence-corrected chi connectivity index (χ2v) is 6.59. The largest absolute Gasteiger partial charge is 0.497 e. The third kappa shape index (κ3) is 2.89. The Morgan fingerprint density at radius 2 is 1.76 bits per heavy atom. The van der Waals surface area contributed by atoms with Gasteiger partial charge in [-0.05, 0) is 48.2 Å². The molecule has 4 rings (SSSR count). The number of methoxy groups -OCH3 is 1. The van der Waals surface area contributed by atoms with Gasteiger partial charge in [0.1, 0.15) is 11.4 Å². The predicted molar refractivity (Wildman–Crippen MR) is 104 cm³/mol. The molecule has 2 aromatic heterocycles. The molecule has 0 aliphatic rings. The highest BCUT2D eigenvalue weighted by Crippen LogP contribution is 2.36. The first-order chi connectivity index (χ1) is 12.3. The Morgan fingerprint density at radius 1 is 0.920 bits per heavy atom. The number of aromatic nitrogens is 2. The van der Waals surface area contributed by atoms with Gasteiger partial charge in [0.25, 0.3) is 0 Å². The molecular formula is C21H18N2OS. The van der Waals surface area contributed by atoms with E-state index in [1.807, 2.05) is 41.0 Å². The number of pyridine rings is 1. The zero-order valence-corrected chi connectivity index (χ0v) is 15.0. The van der Waals surface area contributed by atoms with Crippen molar-refractivity contribution < 1.29 is 4.74 Å². The van der Waals surface area contributed by atoms with Crippen molar-refractivity contribution in [2.75, 3.05) is 13.4 Å². The second-order valence-electron chi connectivity index (χ2n) is 5.71. The second kappa shape index (κ2) is 6.65. The van der Waals surface area contributed by atoms with Gasteiger partial charge in [0.05, 0.1) is 12.6 Å². The monoisotopic (exact) mass is 346 g/mol. The van der Waals surface area contributed by atoms with Crippen LogP contribution in [0, 0.1) is 0 Å². The highest BCUT2D eigenvalue weighted by Gasteiger charge is 2.16. The number of hydrogen-bond donors (Lipinski definition) is 0. The van der Waals surface area contributed by atoms with E-state index in [0.29, 0.717) is 0 Å². The molecule has 0 N–H and O–H groups in total. The fraction of sp³-hybridized carbons (Fsp3) is 0.0952. The quantitative estimate of drug-likeness (QED) is 0.463. The van der Waals surface area contributed by atoms with Gasteiger partial charge in [0.2, 0.25) is 0 Å². The van der Waals surface area contributed by atoms with E-state index >= 15 is 0 Å². The molecule has 4 heteroatoms. The fourth-order valence-electron chi connectivity index (χ4n) is 3.01. The smallest absolute Gasteiger partial charge is 0.119 e. The van der Waals surface area contributed by atoms with Crippen molar-refractivity contribution in [3.8, 4) is 28.1 Å². The fourth-order valence-corrected chi connectivity index (χ4v) is 3.42. The summed E-state index contributed by atoms with van der Waals surface area (Å²) in [5.41, 5.74) is 5.41. The molecule has 0 spiro atoms. The molecule has 0 saturated heterocycles. The Kier molecular flexibility index (Phi) is 4.20. The van der Waals surface area contributed by atoms with Crippen LogP contribution in [0.4, 0.5) is 0 Å². The summed E-state index contributed by atoms with van der Waals surface area (Å²) in [6, 6.07) is 22.8. The normalized spacial score (nSPS) is 11.0. The van der Waals surface area contributed by atoms with Gasteiger partial charge in [-0.1, -0.05) is 30.3 Å². The van der Waals surface area contributed by atoms with Crippen molar-refractivity contribution >= 4 is 17.3 Å². The van der Waals surface area contributed by atoms with Gasteiger partial charge in [-0.15, -0.1) is 11.8 Å². The number of benzene rings is 2. The van der Waals surface area contributed by atoms with E-state index in [-0.39, 0.29) is 0 Å². The average Bonchev–Trinajstić information content (AvgIpc) is 3.07. The first-order valence-electron chi connectivity index (χ1n) is 8.06. The van der Waals surface area contributed by atoms with Gasteiger partial charge >= 0.3 is 0 Å². The zero-order chi connectivity index (χ0) is 17.2. The van der Waals surface area contributed by atoms with E-state index in [4.69, 9.17) is 9.84 Å². The Labute approximate surface area is 151 Å². The van der Waals surface area contributed by atoms with E-state index in [9.17, 15) is 0 Å². The van der Waals surface area contributed by atoms with E-state index in [1.165, 1.54) is 4.90 Å². The topological polar surface area (TPSA) is 26.5 Å². The van der Waals surface area contributed by atoms with Crippen LogP contribution in [0.15, 0.2) is 77.8 Å². The van der Waals surface area contributed by atoms with Crippen molar-refractivity contribution in [2.45, 2.75) is 4.90 Å². The van der Waals surface area contributed by atoms with Crippen LogP contribution in [0.5, 0.6) is 5.75 Å². The SMILES string of the molecule is COc1cccc(-c2nn3ccccc3c2-c2ccc(SC)cc2)c1. The number of fused-ring (bicyclic) bond motifs is 1. The van der Waals surface area contributed by atoms with Gasteiger partial charge in [0.15, 0.2) is 0 Å². The van der Waals surface area contributed by atoms with Crippen LogP contribution >= 0.6 is 11.8 Å². The van der Waals surface area contributed by atoms with Crippen LogP contribution in [0.2, 0.25) is 0 Å². The maximum absolute atomic E-state index is 5.39. The van der Waals surface area contributed by atoms with Crippen LogP contribution in [0.1, 0.15) is 0 Å². The minimum Gasteiger partial charge on any atom is -0.497 e. The molecule has 0 aliphatic carbocycles. The molecule has 0 unspecified atom stereocenters. The summed E-state index contributed by atoms with van der Waals surface area (Å²) in [4.78, 5) is 1.25. The molecule has 0 bridgehead atoms. The standard InChI is InChI=1S/C21H18N2OS/c1-24-17-7-5-6-16(14-17)21-20(15-9-11-18(25-2)12-10-15)19-8-3-4-13-23(19)22-21/h3-14H,1-2H3. The van der Waals surface area contributed by atoms with Gasteiger partial charge in [0, 0.05) is 22.2 Å². The molecule has 25 heavy (non-hydrogen) atoms. The summed E-state index contributed by atoms with van der Waals surface area (Å²) < 4.78 is 7.33. The molecule has 0 atom stereocenters. The molecular weight excluding hydrogens is 328 g/mol. The van der Waals surface area contributed by atoms with Crippen LogP contribution in [-0.2, 0) is 0 Å². The number of ether oxygens (including phenoxy) is 1. The van der Waals surface area contributed by atoms with Gasteiger partial charge in [-0.25, -0.2) is 4.52 Å². The van der Waals surface area contributed by atoms with Crippen LogP contribution in [-0.4, -0.2) is 23.0 Å². The predicted octanol–water partition coefficient (Wildman–Crippen LogP) is 5.40. The Hall–Kier alpha value is -2.72. The number of hydrogen-bond acceptors (Lipinski definition) is 3. The van der Waals surface area contributed by atoms with E-state index < -0.39 is 0 Å². The lowest BCUT2D eigenvalue weighted by Gasteiger charge is -2.06. The maximum Gasteiger partial charge on any atom is 0.119 e. The van der Waals surface area contributed by atoms with Crippen LogP contribution in [0.3, 0.4) is 0 Å². The van der Waals surface area contributed by atoms with Crippen molar-refractivity contribution in [3.05, 3.63) is 72.9 Å². The summed E-state index contributed by atoms with van der Waals surface area (Å²) in [6.07, 6.45) is 4.07. The zero-order valence-electron chi connectivity index (χ0n) is 14.1. The molecule has 0 amide bonds. The number of nitrogens with zero attached hydrogens (tertiary/aromatic N) is 2. The molecule has 4 aromatic rings. The van der Waals surface area contributed by atoms with E-state index in [1.54, 1.807) is 18.9 Å². The molecule has 2 heterocycles. The molecule has 2 aromatic carbocycles. The highest BCUT2D eigenvalue weighted by molar-refractivity contribution is 7.98. The molecule has 124 valence electrons. The summed E-state index contributed by atoms with van der Waals surface area (Å²) in [7, 11) is 1.69. The van der Waals surface area contributed by atoms with E-state index in [2.05, 4.69) is 42.7 Å². The minimum atomic E-state index is 0.832. The van der Waals surface area contributed by atoms with Gasteiger partial charge < -0.3 is 4.74 Å². The van der Waals surface area contributed by atoms with E-state index in [0.717, 1.165) is 33.7 Å². The van der Waals surface area contributed by atoms with Gasteiger partial charge in [-0.3, -0.25) is 0 Å². The summed E-state index contributed by atoms with van der Waals surface area (Å²) >= 11 is 1.75. The lowest BCUT2D eigenvalue weighted by Crippen LogP contribution is -1.87. The molecule has 0 aliphatic heterocycles. The first-order valence-corrected chi connectivity index (χ1v) is 9.29. The lowest BCUT2D eigenvalue weighted by atomic mass is 9.99. The average molecular weight is 346 g/mol. The van der Waals surface area contributed by atoms with Crippen molar-refractivity contribution in [3.63, 3.8) is 0 Å². The van der Waals surface area contributed by atoms with Crippen molar-refractivity contribution in [2.24, 2.45) is 0 Å². The Balaban J connectivity index is 1.97. The Bertz CT molecular complexity index is 1020. The summed E-state index contributed by atoms with van der Waals surface area (Å²) in [6.45, 7) is 0. The van der Waals surface area contributed by atoms with Crippen molar-refractivity contribution in [1.29, 1.82) is 0 Å². The minimum absolute atomic E-state index is 0.832. The third-order valence-corrected chi connectivity index (χ3v) is 5.01. The highest BCUT2D eigenvalue weighted by atomic mass is 32.2. The maximum atomic E-state index is 5.39. The van der Waals surface area contributed by atoms with Gasteiger partial charge in [-0.2, -0.15) is 5.10 Å². The first kappa shape index (κ1) is 15.8. The molecule has 0 saturated carbocycles. The molecule has 0 radical (unpaired) electrons.